The molecule has 0 bridgehead atoms. The molecule has 0 aliphatic heterocycles. The van der Waals surface area contributed by atoms with Gasteiger partial charge >= 0.3 is 0 Å². The van der Waals surface area contributed by atoms with Gasteiger partial charge in [0.05, 0.1) is 11.5 Å². The Morgan fingerprint density at radius 3 is 2.37 bits per heavy atom. The van der Waals surface area contributed by atoms with Crippen LogP contribution in [0.15, 0.2) is 35.3 Å². The van der Waals surface area contributed by atoms with Gasteiger partial charge in [0.1, 0.15) is 0 Å². The van der Waals surface area contributed by atoms with E-state index in [9.17, 15) is 4.79 Å². The number of amides is 1. The molecule has 0 spiro atoms. The van der Waals surface area contributed by atoms with Crippen molar-refractivity contribution in [1.82, 2.24) is 15.5 Å². The number of guanidine groups is 1. The number of nitrogens with one attached hydrogen (secondary N) is 2. The Kier molecular flexibility index (Phi) is 10.1. The van der Waals surface area contributed by atoms with E-state index in [2.05, 4.69) is 27.8 Å². The van der Waals surface area contributed by atoms with Crippen LogP contribution < -0.4 is 10.6 Å². The third kappa shape index (κ3) is 6.34. The number of methoxy groups -OCH3 is 1. The summed E-state index contributed by atoms with van der Waals surface area (Å²) in [4.78, 5) is 18.7. The maximum absolute atomic E-state index is 12.7. The molecule has 1 aromatic rings. The fourth-order valence-corrected chi connectivity index (χ4v) is 3.66. The van der Waals surface area contributed by atoms with Gasteiger partial charge in [0.25, 0.3) is 0 Å². The van der Waals surface area contributed by atoms with Crippen LogP contribution in [0.2, 0.25) is 0 Å². The van der Waals surface area contributed by atoms with Gasteiger partial charge in [-0.3, -0.25) is 9.79 Å². The van der Waals surface area contributed by atoms with Gasteiger partial charge in [0.2, 0.25) is 5.91 Å². The van der Waals surface area contributed by atoms with Gasteiger partial charge in [-0.25, -0.2) is 0 Å². The van der Waals surface area contributed by atoms with Gasteiger partial charge < -0.3 is 20.3 Å². The molecule has 2 rings (SSSR count). The third-order valence-electron chi connectivity index (χ3n) is 5.15. The van der Waals surface area contributed by atoms with Gasteiger partial charge in [-0.05, 0) is 18.4 Å². The molecule has 1 unspecified atom stereocenters. The quantitative estimate of drug-likeness (QED) is 0.352. The highest BCUT2D eigenvalue weighted by Gasteiger charge is 2.42. The molecule has 27 heavy (non-hydrogen) atoms. The molecule has 152 valence electrons. The lowest BCUT2D eigenvalue weighted by molar-refractivity contribution is -0.138. The summed E-state index contributed by atoms with van der Waals surface area (Å²) in [5.74, 6) is 0.901. The summed E-state index contributed by atoms with van der Waals surface area (Å²) in [6.45, 7) is 1.21. The minimum Gasteiger partial charge on any atom is -0.375 e. The van der Waals surface area contributed by atoms with E-state index in [-0.39, 0.29) is 41.4 Å². The number of carbonyl (C=O) groups is 1. The number of halogens is 1. The third-order valence-corrected chi connectivity index (χ3v) is 5.15. The number of rotatable bonds is 7. The minimum absolute atomic E-state index is 0. The second-order valence-electron chi connectivity index (χ2n) is 7.13. The number of benzene rings is 1. The van der Waals surface area contributed by atoms with Crippen LogP contribution in [0.1, 0.15) is 37.4 Å². The van der Waals surface area contributed by atoms with Gasteiger partial charge in [0.15, 0.2) is 5.96 Å². The largest absolute Gasteiger partial charge is 0.375 e. The second-order valence-corrected chi connectivity index (χ2v) is 7.13. The molecule has 6 nitrogen and oxygen atoms in total. The van der Waals surface area contributed by atoms with Crippen molar-refractivity contribution in [3.8, 4) is 0 Å². The summed E-state index contributed by atoms with van der Waals surface area (Å²) < 4.78 is 5.59. The van der Waals surface area contributed by atoms with Crippen molar-refractivity contribution in [3.05, 3.63) is 35.9 Å². The zero-order valence-electron chi connectivity index (χ0n) is 16.8. The lowest BCUT2D eigenvalue weighted by atomic mass is 9.84. The van der Waals surface area contributed by atoms with Gasteiger partial charge in [-0.15, -0.1) is 24.0 Å². The summed E-state index contributed by atoms with van der Waals surface area (Å²) in [6, 6.07) is 10.1. The first kappa shape index (κ1) is 23.7. The number of aliphatic imine (C=N–C) groups is 1. The monoisotopic (exact) mass is 488 g/mol. The molecule has 1 saturated carbocycles. The van der Waals surface area contributed by atoms with E-state index in [1.54, 1.807) is 19.1 Å². The first-order valence-electron chi connectivity index (χ1n) is 9.26. The van der Waals surface area contributed by atoms with Crippen molar-refractivity contribution in [3.63, 3.8) is 0 Å². The topological polar surface area (TPSA) is 66.0 Å². The van der Waals surface area contributed by atoms with Crippen LogP contribution >= 0.6 is 24.0 Å². The van der Waals surface area contributed by atoms with E-state index in [0.717, 1.165) is 31.2 Å². The number of nitrogens with zero attached hydrogens (tertiary/aromatic N) is 2. The molecule has 0 saturated heterocycles. The summed E-state index contributed by atoms with van der Waals surface area (Å²) in [5.41, 5.74) is 0.800. The smallest absolute Gasteiger partial charge is 0.230 e. The van der Waals surface area contributed by atoms with E-state index >= 15 is 0 Å². The van der Waals surface area contributed by atoms with E-state index in [4.69, 9.17) is 4.74 Å². The van der Waals surface area contributed by atoms with E-state index in [0.29, 0.717) is 19.0 Å². The SMILES string of the molecule is CN=C(NCC(OC)c1ccccc1)NCC1(C(=O)N(C)C)CCCC1.I. The maximum atomic E-state index is 12.7. The van der Waals surface area contributed by atoms with E-state index < -0.39 is 0 Å². The lowest BCUT2D eigenvalue weighted by Crippen LogP contribution is -2.49. The molecule has 1 aliphatic rings. The molecule has 1 aliphatic carbocycles. The average Bonchev–Trinajstić information content (AvgIpc) is 3.14. The Bertz CT molecular complexity index is 601. The van der Waals surface area contributed by atoms with Crippen LogP contribution in [0.4, 0.5) is 0 Å². The highest BCUT2D eigenvalue weighted by Crippen LogP contribution is 2.38. The molecule has 0 aromatic heterocycles. The first-order valence-corrected chi connectivity index (χ1v) is 9.26. The van der Waals surface area contributed by atoms with Crippen molar-refractivity contribution < 1.29 is 9.53 Å². The zero-order valence-corrected chi connectivity index (χ0v) is 19.2. The van der Waals surface area contributed by atoms with Crippen molar-refractivity contribution in [2.75, 3.05) is 41.3 Å². The summed E-state index contributed by atoms with van der Waals surface area (Å²) >= 11 is 0. The van der Waals surface area contributed by atoms with Crippen LogP contribution in [-0.2, 0) is 9.53 Å². The molecule has 1 aromatic carbocycles. The average molecular weight is 488 g/mol. The normalized spacial score (nSPS) is 17.0. The molecule has 1 fully saturated rings. The zero-order chi connectivity index (χ0) is 19.0. The fraction of sp³-hybridized carbons (Fsp3) is 0.600. The number of carbonyl (C=O) groups excluding carboxylic acids is 1. The van der Waals surface area contributed by atoms with E-state index in [1.807, 2.05) is 32.3 Å². The molecule has 0 radical (unpaired) electrons. The van der Waals surface area contributed by atoms with Crippen LogP contribution in [0.3, 0.4) is 0 Å². The Labute approximate surface area is 180 Å². The molecule has 1 atom stereocenters. The van der Waals surface area contributed by atoms with Crippen LogP contribution in [0.5, 0.6) is 0 Å². The van der Waals surface area contributed by atoms with Gasteiger partial charge in [0, 0.05) is 41.3 Å². The van der Waals surface area contributed by atoms with Crippen molar-refractivity contribution in [1.29, 1.82) is 0 Å². The minimum atomic E-state index is -0.318. The molecular formula is C20H33IN4O2. The van der Waals surface area contributed by atoms with Gasteiger partial charge in [-0.2, -0.15) is 0 Å². The molecule has 7 heteroatoms. The summed E-state index contributed by atoms with van der Waals surface area (Å²) in [5, 5.41) is 6.67. The predicted molar refractivity (Wildman–Crippen MR) is 121 cm³/mol. The van der Waals surface area contributed by atoms with E-state index in [1.165, 1.54) is 0 Å². The molecule has 1 amide bonds. The lowest BCUT2D eigenvalue weighted by Gasteiger charge is -2.31. The van der Waals surface area contributed by atoms with Crippen molar-refractivity contribution in [2.45, 2.75) is 31.8 Å². The molecule has 0 heterocycles. The number of hydrogen-bond acceptors (Lipinski definition) is 3. The van der Waals surface area contributed by atoms with Gasteiger partial charge in [-0.1, -0.05) is 43.2 Å². The summed E-state index contributed by atoms with van der Waals surface area (Å²) in [6.07, 6.45) is 4.01. The highest BCUT2D eigenvalue weighted by molar-refractivity contribution is 14.0. The Balaban J connectivity index is 0.00000364. The maximum Gasteiger partial charge on any atom is 0.230 e. The molecule has 2 N–H and O–H groups in total. The molecular weight excluding hydrogens is 455 g/mol. The Morgan fingerprint density at radius 1 is 1.22 bits per heavy atom. The number of hydrogen-bond donors (Lipinski definition) is 2. The standard InChI is InChI=1S/C20H32N4O2.HI/c1-21-19(22-14-17(26-4)16-10-6-5-7-11-16)23-15-20(12-8-9-13-20)18(25)24(2)3;/h5-7,10-11,17H,8-9,12-15H2,1-4H3,(H2,21,22,23);1H. The highest BCUT2D eigenvalue weighted by atomic mass is 127. The van der Waals surface area contributed by atoms with Crippen LogP contribution in [0, 0.1) is 5.41 Å². The Morgan fingerprint density at radius 2 is 1.85 bits per heavy atom. The van der Waals surface area contributed by atoms with Crippen LogP contribution in [0.25, 0.3) is 0 Å². The first-order chi connectivity index (χ1) is 12.5. The Hall–Kier alpha value is -1.35. The fourth-order valence-electron chi connectivity index (χ4n) is 3.66. The predicted octanol–water partition coefficient (Wildman–Crippen LogP) is 2.81. The second kappa shape index (κ2) is 11.5. The van der Waals surface area contributed by atoms with Crippen molar-refractivity contribution in [2.24, 2.45) is 10.4 Å². The number of ether oxygens (including phenoxy) is 1. The van der Waals surface area contributed by atoms with Crippen LogP contribution in [-0.4, -0.2) is 58.1 Å². The summed E-state index contributed by atoms with van der Waals surface area (Å²) in [7, 11) is 7.12. The van der Waals surface area contributed by atoms with Crippen molar-refractivity contribution >= 4 is 35.8 Å².